The van der Waals surface area contributed by atoms with Crippen molar-refractivity contribution in [3.63, 3.8) is 0 Å². The van der Waals surface area contributed by atoms with Crippen LogP contribution in [-0.2, 0) is 9.53 Å². The first-order valence-electron chi connectivity index (χ1n) is 7.40. The molecule has 0 fully saturated rings. The summed E-state index contributed by atoms with van der Waals surface area (Å²) in [6, 6.07) is 9.76. The number of nitrogens with two attached hydrogens (primary N) is 1. The summed E-state index contributed by atoms with van der Waals surface area (Å²) in [5.74, 6) is -2.14. The van der Waals surface area contributed by atoms with Gasteiger partial charge in [-0.3, -0.25) is 19.7 Å². The molecule has 3 N–H and O–H groups in total. The van der Waals surface area contributed by atoms with Crippen molar-refractivity contribution in [2.45, 2.75) is 6.92 Å². The van der Waals surface area contributed by atoms with E-state index in [4.69, 9.17) is 10.5 Å². The standard InChI is InChI=1S/C17H15N3O6/c1-10-3-2-4-13(20(24)25)15(10)19-14(21)9-26-17(23)12-7-5-11(6-8-12)16(18)22/h2-8H,9H2,1H3,(H2,18,22)(H,19,21). The minimum Gasteiger partial charge on any atom is -0.452 e. The fraction of sp³-hybridized carbons (Fsp3) is 0.118. The van der Waals surface area contributed by atoms with Crippen LogP contribution in [-0.4, -0.2) is 29.3 Å². The second kappa shape index (κ2) is 7.88. The molecule has 9 heteroatoms. The first-order chi connectivity index (χ1) is 12.3. The van der Waals surface area contributed by atoms with Crippen LogP contribution in [0.3, 0.4) is 0 Å². The Kier molecular flexibility index (Phi) is 5.63. The molecule has 0 aliphatic carbocycles. The number of carbonyl (C=O) groups excluding carboxylic acids is 3. The van der Waals surface area contributed by atoms with Gasteiger partial charge in [-0.05, 0) is 36.8 Å². The summed E-state index contributed by atoms with van der Waals surface area (Å²) in [7, 11) is 0. The summed E-state index contributed by atoms with van der Waals surface area (Å²) in [6.07, 6.45) is 0. The Morgan fingerprint density at radius 1 is 1.12 bits per heavy atom. The summed E-state index contributed by atoms with van der Waals surface area (Å²) >= 11 is 0. The number of hydrogen-bond acceptors (Lipinski definition) is 6. The molecule has 26 heavy (non-hydrogen) atoms. The Morgan fingerprint density at radius 2 is 1.73 bits per heavy atom. The van der Waals surface area contributed by atoms with E-state index in [9.17, 15) is 24.5 Å². The van der Waals surface area contributed by atoms with E-state index in [1.54, 1.807) is 13.0 Å². The molecule has 2 rings (SSSR count). The second-order valence-corrected chi connectivity index (χ2v) is 5.29. The maximum atomic E-state index is 11.9. The van der Waals surface area contributed by atoms with Crippen LogP contribution in [0.4, 0.5) is 11.4 Å². The highest BCUT2D eigenvalue weighted by molar-refractivity contribution is 5.98. The van der Waals surface area contributed by atoms with Gasteiger partial charge in [0.05, 0.1) is 10.5 Å². The largest absolute Gasteiger partial charge is 0.452 e. The smallest absolute Gasteiger partial charge is 0.338 e. The Morgan fingerprint density at radius 3 is 2.31 bits per heavy atom. The van der Waals surface area contributed by atoms with Gasteiger partial charge >= 0.3 is 5.97 Å². The Balaban J connectivity index is 2.00. The van der Waals surface area contributed by atoms with Crippen molar-refractivity contribution in [2.24, 2.45) is 5.73 Å². The number of nitro benzene ring substituents is 1. The molecule has 0 radical (unpaired) electrons. The molecular formula is C17H15N3O6. The van der Waals surface area contributed by atoms with Crippen LogP contribution in [0.5, 0.6) is 0 Å². The van der Waals surface area contributed by atoms with E-state index < -0.39 is 29.3 Å². The monoisotopic (exact) mass is 357 g/mol. The number of ether oxygens (including phenoxy) is 1. The number of carbonyl (C=O) groups is 3. The van der Waals surface area contributed by atoms with E-state index in [0.29, 0.717) is 5.56 Å². The summed E-state index contributed by atoms with van der Waals surface area (Å²) in [6.45, 7) is 0.983. The third-order valence-corrected chi connectivity index (χ3v) is 3.45. The molecule has 0 aliphatic rings. The minimum atomic E-state index is -0.782. The van der Waals surface area contributed by atoms with Crippen molar-refractivity contribution < 1.29 is 24.0 Å². The molecule has 0 aliphatic heterocycles. The summed E-state index contributed by atoms with van der Waals surface area (Å²) < 4.78 is 4.87. The highest BCUT2D eigenvalue weighted by atomic mass is 16.6. The number of anilines is 1. The lowest BCUT2D eigenvalue weighted by Gasteiger charge is -2.09. The lowest BCUT2D eigenvalue weighted by molar-refractivity contribution is -0.384. The van der Waals surface area contributed by atoms with Gasteiger partial charge in [0.2, 0.25) is 5.91 Å². The molecule has 2 amide bonds. The van der Waals surface area contributed by atoms with Crippen molar-refractivity contribution in [3.8, 4) is 0 Å². The fourth-order valence-corrected chi connectivity index (χ4v) is 2.13. The molecule has 0 bridgehead atoms. The Labute approximate surface area is 147 Å². The number of nitro groups is 1. The lowest BCUT2D eigenvalue weighted by atomic mass is 10.1. The molecule has 0 saturated heterocycles. The molecule has 9 nitrogen and oxygen atoms in total. The van der Waals surface area contributed by atoms with Gasteiger partial charge in [-0.1, -0.05) is 12.1 Å². The van der Waals surface area contributed by atoms with E-state index in [1.807, 2.05) is 0 Å². The molecule has 2 aromatic rings. The third kappa shape index (κ3) is 4.41. The fourth-order valence-electron chi connectivity index (χ4n) is 2.13. The molecular weight excluding hydrogens is 342 g/mol. The van der Waals surface area contributed by atoms with Gasteiger partial charge in [0, 0.05) is 11.6 Å². The maximum Gasteiger partial charge on any atom is 0.338 e. The molecule has 0 heterocycles. The number of nitrogens with one attached hydrogen (secondary N) is 1. The van der Waals surface area contributed by atoms with Crippen LogP contribution in [0.2, 0.25) is 0 Å². The van der Waals surface area contributed by atoms with Gasteiger partial charge in [-0.25, -0.2) is 4.79 Å². The zero-order chi connectivity index (χ0) is 19.3. The van der Waals surface area contributed by atoms with E-state index >= 15 is 0 Å². The van der Waals surface area contributed by atoms with Crippen LogP contribution in [0.1, 0.15) is 26.3 Å². The van der Waals surface area contributed by atoms with E-state index in [1.165, 1.54) is 36.4 Å². The van der Waals surface area contributed by atoms with Crippen LogP contribution < -0.4 is 11.1 Å². The summed E-state index contributed by atoms with van der Waals surface area (Å²) in [5.41, 5.74) is 5.75. The van der Waals surface area contributed by atoms with Crippen molar-refractivity contribution in [2.75, 3.05) is 11.9 Å². The average Bonchev–Trinajstić information content (AvgIpc) is 2.61. The van der Waals surface area contributed by atoms with E-state index in [2.05, 4.69) is 5.32 Å². The average molecular weight is 357 g/mol. The van der Waals surface area contributed by atoms with Crippen LogP contribution in [0, 0.1) is 17.0 Å². The Bertz CT molecular complexity index is 877. The molecule has 0 saturated carbocycles. The molecule has 0 atom stereocenters. The van der Waals surface area contributed by atoms with Gasteiger partial charge in [-0.2, -0.15) is 0 Å². The number of hydrogen-bond donors (Lipinski definition) is 2. The predicted molar refractivity (Wildman–Crippen MR) is 91.7 cm³/mol. The summed E-state index contributed by atoms with van der Waals surface area (Å²) in [4.78, 5) is 45.2. The summed E-state index contributed by atoms with van der Waals surface area (Å²) in [5, 5.41) is 13.4. The SMILES string of the molecule is Cc1cccc([N+](=O)[O-])c1NC(=O)COC(=O)c1ccc(C(N)=O)cc1. The van der Waals surface area contributed by atoms with Crippen molar-refractivity contribution in [1.82, 2.24) is 0 Å². The highest BCUT2D eigenvalue weighted by Crippen LogP contribution is 2.27. The van der Waals surface area contributed by atoms with Crippen molar-refractivity contribution in [3.05, 3.63) is 69.3 Å². The molecule has 0 spiro atoms. The number of rotatable bonds is 6. The van der Waals surface area contributed by atoms with E-state index in [0.717, 1.165) is 0 Å². The van der Waals surface area contributed by atoms with Gasteiger partial charge < -0.3 is 15.8 Å². The number of benzene rings is 2. The van der Waals surface area contributed by atoms with E-state index in [-0.39, 0.29) is 22.5 Å². The number of nitrogens with zero attached hydrogens (tertiary/aromatic N) is 1. The van der Waals surface area contributed by atoms with Gasteiger partial charge in [0.25, 0.3) is 11.6 Å². The van der Waals surface area contributed by atoms with Gasteiger partial charge in [0.15, 0.2) is 6.61 Å². The third-order valence-electron chi connectivity index (χ3n) is 3.45. The molecule has 134 valence electrons. The number of aryl methyl sites for hydroxylation is 1. The number of amides is 2. The van der Waals surface area contributed by atoms with Crippen molar-refractivity contribution >= 4 is 29.2 Å². The van der Waals surface area contributed by atoms with Gasteiger partial charge in [-0.15, -0.1) is 0 Å². The first kappa shape index (κ1) is 18.6. The molecule has 0 aromatic heterocycles. The zero-order valence-corrected chi connectivity index (χ0v) is 13.7. The predicted octanol–water partition coefficient (Wildman–Crippen LogP) is 1.80. The second-order valence-electron chi connectivity index (χ2n) is 5.29. The zero-order valence-electron chi connectivity index (χ0n) is 13.7. The quantitative estimate of drug-likeness (QED) is 0.458. The van der Waals surface area contributed by atoms with Crippen LogP contribution >= 0.6 is 0 Å². The van der Waals surface area contributed by atoms with Gasteiger partial charge in [0.1, 0.15) is 5.69 Å². The number of esters is 1. The molecule has 0 unspecified atom stereocenters. The normalized spacial score (nSPS) is 10.0. The molecule has 2 aromatic carbocycles. The lowest BCUT2D eigenvalue weighted by Crippen LogP contribution is -2.22. The minimum absolute atomic E-state index is 0.0457. The maximum absolute atomic E-state index is 11.9. The van der Waals surface area contributed by atoms with Crippen LogP contribution in [0.25, 0.3) is 0 Å². The van der Waals surface area contributed by atoms with Crippen molar-refractivity contribution in [1.29, 1.82) is 0 Å². The topological polar surface area (TPSA) is 142 Å². The van der Waals surface area contributed by atoms with Crippen LogP contribution in [0.15, 0.2) is 42.5 Å². The Hall–Kier alpha value is -3.75. The number of primary amides is 1. The first-order valence-corrected chi connectivity index (χ1v) is 7.40. The highest BCUT2D eigenvalue weighted by Gasteiger charge is 2.18. The number of para-hydroxylation sites is 1.